The van der Waals surface area contributed by atoms with Crippen LogP contribution in [0.15, 0.2) is 20.5 Å². The summed E-state index contributed by atoms with van der Waals surface area (Å²) >= 11 is 7.96. The number of rotatable bonds is 2. The number of hydrogen-bond acceptors (Lipinski definition) is 6. The van der Waals surface area contributed by atoms with Gasteiger partial charge in [0.1, 0.15) is 4.91 Å². The van der Waals surface area contributed by atoms with Gasteiger partial charge in [-0.1, -0.05) is 11.8 Å². The molecular weight excluding hydrogens is 314 g/mol. The average Bonchev–Trinajstić information content (AvgIpc) is 2.81. The van der Waals surface area contributed by atoms with E-state index in [1.54, 1.807) is 11.8 Å². The summed E-state index contributed by atoms with van der Waals surface area (Å²) in [5, 5.41) is 2.04. The van der Waals surface area contributed by atoms with Gasteiger partial charge in [-0.25, -0.2) is 0 Å². The van der Waals surface area contributed by atoms with Crippen molar-refractivity contribution in [1.82, 2.24) is 15.3 Å². The van der Waals surface area contributed by atoms with Crippen LogP contribution in [0.3, 0.4) is 0 Å². The van der Waals surface area contributed by atoms with E-state index in [9.17, 15) is 9.59 Å². The van der Waals surface area contributed by atoms with Crippen molar-refractivity contribution >= 4 is 51.9 Å². The molecule has 20 heavy (non-hydrogen) atoms. The number of hydrogen-bond donors (Lipinski definition) is 1. The maximum atomic E-state index is 12.4. The Hall–Kier alpha value is -0.990. The standard InChI is InChI=1S/C12H15N3O2S3/c1-5-14-6(2)7(3)19-11(14)9-10(17)15(12(18)20-9)13-8(4)16/h5H2,1-4H3,(H,13,16)/b11-9-. The number of allylic oxidation sites excluding steroid dienone is 2. The lowest BCUT2D eigenvalue weighted by Gasteiger charge is -2.20. The maximum Gasteiger partial charge on any atom is 0.287 e. The number of thiocarbonyl (C=S) groups is 1. The van der Waals surface area contributed by atoms with Gasteiger partial charge in [0, 0.05) is 24.1 Å². The molecule has 2 rings (SSSR count). The lowest BCUT2D eigenvalue weighted by atomic mass is 10.4. The molecule has 1 N–H and O–H groups in total. The quantitative estimate of drug-likeness (QED) is 0.620. The molecule has 0 saturated carbocycles. The normalized spacial score (nSPS) is 23.2. The van der Waals surface area contributed by atoms with Crippen LogP contribution < -0.4 is 5.43 Å². The summed E-state index contributed by atoms with van der Waals surface area (Å²) < 4.78 is 0.353. The van der Waals surface area contributed by atoms with Gasteiger partial charge in [-0.15, -0.1) is 0 Å². The fraction of sp³-hybridized carbons (Fsp3) is 0.417. The summed E-state index contributed by atoms with van der Waals surface area (Å²) in [5.74, 6) is -0.580. The van der Waals surface area contributed by atoms with Crippen molar-refractivity contribution in [3.63, 3.8) is 0 Å². The van der Waals surface area contributed by atoms with Crippen LogP contribution in [0.2, 0.25) is 0 Å². The fourth-order valence-corrected chi connectivity index (χ4v) is 4.42. The highest BCUT2D eigenvalue weighted by atomic mass is 32.2. The molecule has 2 heterocycles. The summed E-state index contributed by atoms with van der Waals surface area (Å²) in [4.78, 5) is 27.4. The summed E-state index contributed by atoms with van der Waals surface area (Å²) in [7, 11) is 0. The summed E-state index contributed by atoms with van der Waals surface area (Å²) in [6.45, 7) is 8.24. The van der Waals surface area contributed by atoms with Gasteiger partial charge < -0.3 is 4.90 Å². The summed E-state index contributed by atoms with van der Waals surface area (Å²) in [5.41, 5.74) is 3.61. The van der Waals surface area contributed by atoms with E-state index in [0.717, 1.165) is 22.3 Å². The Morgan fingerprint density at radius 2 is 2.00 bits per heavy atom. The highest BCUT2D eigenvalue weighted by Gasteiger charge is 2.38. The van der Waals surface area contributed by atoms with Crippen LogP contribution in [0.4, 0.5) is 0 Å². The highest BCUT2D eigenvalue weighted by molar-refractivity contribution is 8.27. The lowest BCUT2D eigenvalue weighted by Crippen LogP contribution is -2.43. The van der Waals surface area contributed by atoms with Crippen LogP contribution in [0.25, 0.3) is 0 Å². The van der Waals surface area contributed by atoms with E-state index < -0.39 is 0 Å². The minimum absolute atomic E-state index is 0.265. The molecule has 2 aliphatic rings. The Labute approximate surface area is 131 Å². The molecule has 1 saturated heterocycles. The third-order valence-corrected chi connectivity index (χ3v) is 5.67. The Balaban J connectivity index is 2.35. The molecule has 0 bridgehead atoms. The molecule has 0 aromatic heterocycles. The fourth-order valence-electron chi connectivity index (χ4n) is 1.92. The van der Waals surface area contributed by atoms with Gasteiger partial charge in [-0.05, 0) is 44.8 Å². The van der Waals surface area contributed by atoms with Gasteiger partial charge in [-0.2, -0.15) is 5.01 Å². The first-order valence-electron chi connectivity index (χ1n) is 6.07. The molecule has 0 unspecified atom stereocenters. The molecule has 0 aromatic carbocycles. The van der Waals surface area contributed by atoms with Crippen molar-refractivity contribution in [3.05, 3.63) is 20.5 Å². The molecule has 0 aliphatic carbocycles. The smallest absolute Gasteiger partial charge is 0.287 e. The van der Waals surface area contributed by atoms with Gasteiger partial charge in [0.05, 0.1) is 5.03 Å². The third-order valence-electron chi connectivity index (χ3n) is 2.96. The first-order valence-corrected chi connectivity index (χ1v) is 8.11. The Kier molecular flexibility index (Phi) is 4.46. The minimum Gasteiger partial charge on any atom is -0.338 e. The van der Waals surface area contributed by atoms with Crippen LogP contribution in [-0.2, 0) is 9.59 Å². The molecule has 1 fully saturated rings. The maximum absolute atomic E-state index is 12.4. The van der Waals surface area contributed by atoms with Gasteiger partial charge in [0.25, 0.3) is 5.91 Å². The first kappa shape index (κ1) is 15.4. The predicted molar refractivity (Wildman–Crippen MR) is 86.2 cm³/mol. The van der Waals surface area contributed by atoms with Crippen molar-refractivity contribution in [3.8, 4) is 0 Å². The van der Waals surface area contributed by atoms with Crippen molar-refractivity contribution < 1.29 is 9.59 Å². The number of carbonyl (C=O) groups excluding carboxylic acids is 2. The van der Waals surface area contributed by atoms with E-state index in [0.29, 0.717) is 9.23 Å². The molecule has 0 radical (unpaired) electrons. The summed E-state index contributed by atoms with van der Waals surface area (Å²) in [6, 6.07) is 0. The van der Waals surface area contributed by atoms with Gasteiger partial charge >= 0.3 is 0 Å². The zero-order valence-corrected chi connectivity index (χ0v) is 14.1. The number of thioether (sulfide) groups is 2. The molecule has 2 amide bonds. The zero-order valence-electron chi connectivity index (χ0n) is 11.6. The number of carbonyl (C=O) groups is 2. The monoisotopic (exact) mass is 329 g/mol. The van der Waals surface area contributed by atoms with E-state index >= 15 is 0 Å². The number of nitrogens with zero attached hydrogens (tertiary/aromatic N) is 2. The second kappa shape index (κ2) is 5.79. The van der Waals surface area contributed by atoms with Gasteiger partial charge in [0.15, 0.2) is 4.32 Å². The van der Waals surface area contributed by atoms with Gasteiger partial charge in [-0.3, -0.25) is 15.0 Å². The molecule has 0 atom stereocenters. The van der Waals surface area contributed by atoms with Crippen molar-refractivity contribution in [1.29, 1.82) is 0 Å². The molecule has 0 spiro atoms. The number of hydrazine groups is 1. The molecule has 108 valence electrons. The van der Waals surface area contributed by atoms with Crippen molar-refractivity contribution in [2.24, 2.45) is 0 Å². The Morgan fingerprint density at radius 1 is 1.35 bits per heavy atom. The van der Waals surface area contributed by atoms with Crippen LogP contribution in [0, 0.1) is 0 Å². The second-order valence-corrected chi connectivity index (χ2v) is 7.15. The van der Waals surface area contributed by atoms with E-state index in [-0.39, 0.29) is 11.8 Å². The molecule has 8 heteroatoms. The second-order valence-electron chi connectivity index (χ2n) is 4.30. The number of amides is 2. The minimum atomic E-state index is -0.315. The van der Waals surface area contributed by atoms with Crippen LogP contribution in [-0.4, -0.2) is 32.6 Å². The average molecular weight is 329 g/mol. The SMILES string of the molecule is CCN1C(C)=C(C)S/C1=C1\SC(=S)N(NC(C)=O)C1=O. The topological polar surface area (TPSA) is 52.6 Å². The molecule has 0 aromatic rings. The van der Waals surface area contributed by atoms with Crippen LogP contribution in [0.5, 0.6) is 0 Å². The van der Waals surface area contributed by atoms with E-state index in [1.807, 2.05) is 20.8 Å². The van der Waals surface area contributed by atoms with Crippen LogP contribution in [0.1, 0.15) is 27.7 Å². The lowest BCUT2D eigenvalue weighted by molar-refractivity contribution is -0.132. The van der Waals surface area contributed by atoms with Crippen molar-refractivity contribution in [2.75, 3.05) is 6.54 Å². The zero-order chi connectivity index (χ0) is 15.0. The van der Waals surface area contributed by atoms with E-state index in [4.69, 9.17) is 12.2 Å². The van der Waals surface area contributed by atoms with Gasteiger partial charge in [0.2, 0.25) is 5.91 Å². The third kappa shape index (κ3) is 2.59. The molecule has 2 aliphatic heterocycles. The highest BCUT2D eigenvalue weighted by Crippen LogP contribution is 2.46. The summed E-state index contributed by atoms with van der Waals surface area (Å²) in [6.07, 6.45) is 0. The Morgan fingerprint density at radius 3 is 2.55 bits per heavy atom. The molecular formula is C12H15N3O2S3. The largest absolute Gasteiger partial charge is 0.338 e. The predicted octanol–water partition coefficient (Wildman–Crippen LogP) is 2.39. The van der Waals surface area contributed by atoms with Crippen molar-refractivity contribution in [2.45, 2.75) is 27.7 Å². The van der Waals surface area contributed by atoms with Crippen LogP contribution >= 0.6 is 35.7 Å². The number of nitrogens with one attached hydrogen (secondary N) is 1. The van der Waals surface area contributed by atoms with E-state index in [1.165, 1.54) is 23.6 Å². The van der Waals surface area contributed by atoms with E-state index in [2.05, 4.69) is 10.3 Å². The Bertz CT molecular complexity index is 568. The molecule has 5 nitrogen and oxygen atoms in total. The first-order chi connectivity index (χ1) is 9.36.